The van der Waals surface area contributed by atoms with Crippen molar-refractivity contribution in [3.63, 3.8) is 0 Å². The summed E-state index contributed by atoms with van der Waals surface area (Å²) in [7, 11) is 1.53. The van der Waals surface area contributed by atoms with Crippen LogP contribution in [0.4, 0.5) is 10.5 Å². The van der Waals surface area contributed by atoms with E-state index in [9.17, 15) is 9.59 Å². The zero-order valence-electron chi connectivity index (χ0n) is 16.4. The maximum atomic E-state index is 12.4. The molecule has 2 N–H and O–H groups in total. The van der Waals surface area contributed by atoms with Crippen molar-refractivity contribution in [2.24, 2.45) is 0 Å². The Morgan fingerprint density at radius 2 is 1.93 bits per heavy atom. The Morgan fingerprint density at radius 1 is 1.17 bits per heavy atom. The van der Waals surface area contributed by atoms with Gasteiger partial charge in [0.05, 0.1) is 25.0 Å². The summed E-state index contributed by atoms with van der Waals surface area (Å²) in [5.41, 5.74) is 2.78. The van der Waals surface area contributed by atoms with Gasteiger partial charge in [0.25, 0.3) is 5.56 Å². The van der Waals surface area contributed by atoms with Crippen molar-refractivity contribution in [1.82, 2.24) is 19.9 Å². The smallest absolute Gasteiger partial charge is 0.319 e. The average Bonchev–Trinajstić information content (AvgIpc) is 3.18. The number of fused-ring (bicyclic) bond motifs is 1. The van der Waals surface area contributed by atoms with Gasteiger partial charge in [0.15, 0.2) is 0 Å². The van der Waals surface area contributed by atoms with Gasteiger partial charge in [-0.15, -0.1) is 0 Å². The number of carbonyl (C=O) groups excluding carboxylic acids is 1. The van der Waals surface area contributed by atoms with Crippen molar-refractivity contribution in [3.05, 3.63) is 76.2 Å². The standard InChI is InChI=1S/C21H19N5O3S/c1-13-7-9-14(10-8-13)19-25-26-18(27)11-15(23-21(26)30-19)12-22-20(28)24-16-5-3-4-6-17(16)29-2/h3-11H,12H2,1-2H3,(H2,22,24,28). The minimum atomic E-state index is -0.425. The molecule has 0 radical (unpaired) electrons. The van der Waals surface area contributed by atoms with Crippen LogP contribution in [-0.2, 0) is 6.54 Å². The van der Waals surface area contributed by atoms with Gasteiger partial charge in [-0.3, -0.25) is 4.79 Å². The molecule has 9 heteroatoms. The number of urea groups is 1. The molecule has 2 aromatic heterocycles. The van der Waals surface area contributed by atoms with E-state index in [4.69, 9.17) is 4.74 Å². The van der Waals surface area contributed by atoms with Gasteiger partial charge >= 0.3 is 6.03 Å². The highest BCUT2D eigenvalue weighted by Gasteiger charge is 2.12. The number of rotatable bonds is 5. The van der Waals surface area contributed by atoms with E-state index in [2.05, 4.69) is 20.7 Å². The Kier molecular flexibility index (Phi) is 5.44. The van der Waals surface area contributed by atoms with E-state index < -0.39 is 6.03 Å². The lowest BCUT2D eigenvalue weighted by atomic mass is 10.2. The molecule has 0 atom stereocenters. The number of hydrogen-bond acceptors (Lipinski definition) is 6. The van der Waals surface area contributed by atoms with Crippen molar-refractivity contribution in [2.75, 3.05) is 12.4 Å². The van der Waals surface area contributed by atoms with Gasteiger partial charge in [0, 0.05) is 11.6 Å². The molecular formula is C21H19N5O3S. The second kappa shape index (κ2) is 8.34. The second-order valence-electron chi connectivity index (χ2n) is 6.56. The number of anilines is 1. The first-order chi connectivity index (χ1) is 14.5. The zero-order chi connectivity index (χ0) is 21.1. The molecule has 152 valence electrons. The zero-order valence-corrected chi connectivity index (χ0v) is 17.2. The largest absolute Gasteiger partial charge is 0.495 e. The van der Waals surface area contributed by atoms with Gasteiger partial charge < -0.3 is 15.4 Å². The number of ether oxygens (including phenoxy) is 1. The van der Waals surface area contributed by atoms with Crippen LogP contribution < -0.4 is 20.9 Å². The van der Waals surface area contributed by atoms with Gasteiger partial charge in [-0.05, 0) is 19.1 Å². The number of aryl methyl sites for hydroxylation is 1. The quantitative estimate of drug-likeness (QED) is 0.514. The third kappa shape index (κ3) is 4.15. The highest BCUT2D eigenvalue weighted by molar-refractivity contribution is 7.19. The Morgan fingerprint density at radius 3 is 2.70 bits per heavy atom. The maximum Gasteiger partial charge on any atom is 0.319 e. The van der Waals surface area contributed by atoms with E-state index in [1.165, 1.54) is 29.0 Å². The first kappa shape index (κ1) is 19.6. The third-order valence-corrected chi connectivity index (χ3v) is 5.34. The lowest BCUT2D eigenvalue weighted by Gasteiger charge is -2.10. The summed E-state index contributed by atoms with van der Waals surface area (Å²) < 4.78 is 6.49. The van der Waals surface area contributed by atoms with Crippen LogP contribution in [0, 0.1) is 6.92 Å². The summed E-state index contributed by atoms with van der Waals surface area (Å²) in [6.45, 7) is 2.11. The molecule has 0 bridgehead atoms. The number of hydrogen-bond donors (Lipinski definition) is 2. The molecule has 2 aromatic carbocycles. The fourth-order valence-corrected chi connectivity index (χ4v) is 3.77. The van der Waals surface area contributed by atoms with Gasteiger partial charge in [0.2, 0.25) is 4.96 Å². The van der Waals surface area contributed by atoms with Crippen molar-refractivity contribution >= 4 is 28.0 Å². The molecule has 8 nitrogen and oxygen atoms in total. The molecule has 0 fully saturated rings. The van der Waals surface area contributed by atoms with Crippen LogP contribution >= 0.6 is 11.3 Å². The fraction of sp³-hybridized carbons (Fsp3) is 0.143. The number of carbonyl (C=O) groups is 1. The van der Waals surface area contributed by atoms with Crippen LogP contribution in [0.1, 0.15) is 11.3 Å². The monoisotopic (exact) mass is 421 g/mol. The van der Waals surface area contributed by atoms with E-state index in [-0.39, 0.29) is 12.1 Å². The minimum absolute atomic E-state index is 0.102. The second-order valence-corrected chi connectivity index (χ2v) is 7.52. The van der Waals surface area contributed by atoms with Gasteiger partial charge in [-0.2, -0.15) is 9.61 Å². The molecule has 2 amide bonds. The SMILES string of the molecule is COc1ccccc1NC(=O)NCc1cc(=O)n2nc(-c3ccc(C)cc3)sc2n1. The third-order valence-electron chi connectivity index (χ3n) is 4.38. The van der Waals surface area contributed by atoms with E-state index >= 15 is 0 Å². The number of para-hydroxylation sites is 2. The summed E-state index contributed by atoms with van der Waals surface area (Å²) in [4.78, 5) is 29.6. The lowest BCUT2D eigenvalue weighted by Crippen LogP contribution is -2.29. The molecule has 4 aromatic rings. The summed E-state index contributed by atoms with van der Waals surface area (Å²) >= 11 is 1.32. The number of methoxy groups -OCH3 is 1. The Balaban J connectivity index is 1.50. The number of benzene rings is 2. The van der Waals surface area contributed by atoms with Crippen molar-refractivity contribution in [2.45, 2.75) is 13.5 Å². The molecule has 4 rings (SSSR count). The molecule has 0 saturated heterocycles. The maximum absolute atomic E-state index is 12.4. The highest BCUT2D eigenvalue weighted by Crippen LogP contribution is 2.25. The van der Waals surface area contributed by atoms with E-state index in [1.807, 2.05) is 37.3 Å². The van der Waals surface area contributed by atoms with Crippen molar-refractivity contribution in [1.29, 1.82) is 0 Å². The van der Waals surface area contributed by atoms with Crippen molar-refractivity contribution < 1.29 is 9.53 Å². The van der Waals surface area contributed by atoms with Crippen molar-refractivity contribution in [3.8, 4) is 16.3 Å². The van der Waals surface area contributed by atoms with Gasteiger partial charge in [0.1, 0.15) is 10.8 Å². The molecule has 0 aliphatic heterocycles. The fourth-order valence-electron chi connectivity index (χ4n) is 2.84. The first-order valence-corrected chi connectivity index (χ1v) is 10.00. The van der Waals surface area contributed by atoms with Crippen LogP contribution in [-0.4, -0.2) is 27.7 Å². The number of amides is 2. The van der Waals surface area contributed by atoms with Crippen LogP contribution in [0.25, 0.3) is 15.5 Å². The van der Waals surface area contributed by atoms with Crippen LogP contribution in [0.2, 0.25) is 0 Å². The van der Waals surface area contributed by atoms with Crippen LogP contribution in [0.5, 0.6) is 5.75 Å². The van der Waals surface area contributed by atoms with Gasteiger partial charge in [-0.25, -0.2) is 9.78 Å². The predicted molar refractivity (Wildman–Crippen MR) is 116 cm³/mol. The molecule has 2 heterocycles. The normalized spacial score (nSPS) is 10.7. The average molecular weight is 421 g/mol. The topological polar surface area (TPSA) is 97.6 Å². The van der Waals surface area contributed by atoms with Gasteiger partial charge in [-0.1, -0.05) is 53.3 Å². The summed E-state index contributed by atoms with van der Waals surface area (Å²) in [6, 6.07) is 16.0. The van der Waals surface area contributed by atoms with E-state index in [1.54, 1.807) is 18.2 Å². The Hall–Kier alpha value is -3.72. The van der Waals surface area contributed by atoms with Crippen LogP contribution in [0.15, 0.2) is 59.4 Å². The summed E-state index contributed by atoms with van der Waals surface area (Å²) in [6.07, 6.45) is 0. The Bertz CT molecular complexity index is 1260. The molecule has 0 aliphatic carbocycles. The first-order valence-electron chi connectivity index (χ1n) is 9.18. The predicted octanol–water partition coefficient (Wildman–Crippen LogP) is 3.46. The minimum Gasteiger partial charge on any atom is -0.495 e. The number of aromatic nitrogens is 3. The number of nitrogens with zero attached hydrogens (tertiary/aromatic N) is 3. The molecular weight excluding hydrogens is 402 g/mol. The van der Waals surface area contributed by atoms with E-state index in [0.717, 1.165) is 11.1 Å². The van der Waals surface area contributed by atoms with E-state index in [0.29, 0.717) is 27.1 Å². The molecule has 0 spiro atoms. The molecule has 0 aliphatic rings. The molecule has 0 saturated carbocycles. The highest BCUT2D eigenvalue weighted by atomic mass is 32.1. The molecule has 30 heavy (non-hydrogen) atoms. The van der Waals surface area contributed by atoms with Crippen LogP contribution in [0.3, 0.4) is 0 Å². The summed E-state index contributed by atoms with van der Waals surface area (Å²) in [5.74, 6) is 0.554. The molecule has 0 unspecified atom stereocenters. The lowest BCUT2D eigenvalue weighted by molar-refractivity contribution is 0.251. The summed E-state index contributed by atoms with van der Waals surface area (Å²) in [5, 5.41) is 10.5. The number of nitrogens with one attached hydrogen (secondary N) is 2. The Labute approximate surface area is 176 Å².